The summed E-state index contributed by atoms with van der Waals surface area (Å²) >= 11 is 0. The zero-order valence-electron chi connectivity index (χ0n) is 15.3. The van der Waals surface area contributed by atoms with E-state index in [-0.39, 0.29) is 5.91 Å². The maximum atomic E-state index is 12.7. The van der Waals surface area contributed by atoms with Crippen LogP contribution < -0.4 is 5.32 Å². The van der Waals surface area contributed by atoms with E-state index in [1.807, 2.05) is 68.4 Å². The molecule has 0 saturated heterocycles. The van der Waals surface area contributed by atoms with Gasteiger partial charge in [0.15, 0.2) is 0 Å². The lowest BCUT2D eigenvalue weighted by atomic mass is 10.1. The minimum absolute atomic E-state index is 0.110. The van der Waals surface area contributed by atoms with Crippen molar-refractivity contribution in [3.8, 4) is 11.3 Å². The minimum atomic E-state index is -0.110. The number of fused-ring (bicyclic) bond motifs is 1. The first kappa shape index (κ1) is 17.0. The van der Waals surface area contributed by atoms with E-state index in [0.29, 0.717) is 12.1 Å². The van der Waals surface area contributed by atoms with E-state index in [1.54, 1.807) is 6.20 Å². The first-order valence-electron chi connectivity index (χ1n) is 8.85. The van der Waals surface area contributed by atoms with Crippen LogP contribution in [0.25, 0.3) is 22.2 Å². The van der Waals surface area contributed by atoms with Crippen LogP contribution in [-0.4, -0.2) is 21.1 Å². The van der Waals surface area contributed by atoms with Crippen LogP contribution in [0.4, 0.5) is 0 Å². The Morgan fingerprint density at radius 1 is 1.04 bits per heavy atom. The summed E-state index contributed by atoms with van der Waals surface area (Å²) < 4.78 is 0. The molecule has 0 fully saturated rings. The Morgan fingerprint density at radius 3 is 2.59 bits per heavy atom. The SMILES string of the molecule is Cc1ccc2nc(C)c(C(=O)NCc3ccc(-c4ccn[nH]4)cc3)cc2c1. The third kappa shape index (κ3) is 3.58. The molecule has 1 amide bonds. The zero-order valence-corrected chi connectivity index (χ0v) is 15.3. The molecular formula is C22H20N4O. The summed E-state index contributed by atoms with van der Waals surface area (Å²) in [4.78, 5) is 17.2. The molecule has 0 spiro atoms. The molecule has 5 heteroatoms. The fourth-order valence-corrected chi connectivity index (χ4v) is 3.12. The van der Waals surface area contributed by atoms with Crippen LogP contribution in [-0.2, 0) is 6.54 Å². The molecule has 2 aromatic heterocycles. The molecule has 27 heavy (non-hydrogen) atoms. The van der Waals surface area contributed by atoms with Gasteiger partial charge in [0.1, 0.15) is 0 Å². The van der Waals surface area contributed by atoms with E-state index < -0.39 is 0 Å². The minimum Gasteiger partial charge on any atom is -0.348 e. The van der Waals surface area contributed by atoms with E-state index >= 15 is 0 Å². The van der Waals surface area contributed by atoms with Gasteiger partial charge in [-0.25, -0.2) is 0 Å². The molecule has 0 bridgehead atoms. The number of amides is 1. The molecule has 134 valence electrons. The fraction of sp³-hybridized carbons (Fsp3) is 0.136. The molecule has 5 nitrogen and oxygen atoms in total. The second kappa shape index (κ2) is 7.03. The number of pyridine rings is 1. The average Bonchev–Trinajstić information content (AvgIpc) is 3.21. The van der Waals surface area contributed by atoms with Gasteiger partial charge in [0.2, 0.25) is 0 Å². The van der Waals surface area contributed by atoms with Crippen molar-refractivity contribution in [2.24, 2.45) is 0 Å². The number of aromatic amines is 1. The second-order valence-electron chi connectivity index (χ2n) is 6.67. The Morgan fingerprint density at radius 2 is 1.85 bits per heavy atom. The molecule has 2 N–H and O–H groups in total. The quantitative estimate of drug-likeness (QED) is 0.576. The first-order valence-corrected chi connectivity index (χ1v) is 8.85. The molecule has 0 aliphatic carbocycles. The van der Waals surface area contributed by atoms with E-state index in [0.717, 1.165) is 39.0 Å². The predicted molar refractivity (Wildman–Crippen MR) is 106 cm³/mol. The summed E-state index contributed by atoms with van der Waals surface area (Å²) in [5, 5.41) is 10.9. The van der Waals surface area contributed by atoms with E-state index in [4.69, 9.17) is 0 Å². The number of aromatic nitrogens is 3. The molecule has 0 atom stereocenters. The maximum Gasteiger partial charge on any atom is 0.253 e. The summed E-state index contributed by atoms with van der Waals surface area (Å²) in [7, 11) is 0. The number of benzene rings is 2. The van der Waals surface area contributed by atoms with Crippen LogP contribution in [0.5, 0.6) is 0 Å². The van der Waals surface area contributed by atoms with Crippen LogP contribution in [0.3, 0.4) is 0 Å². The standard InChI is InChI=1S/C22H20N4O/c1-14-3-8-20-18(11-14)12-19(15(2)25-20)22(27)23-13-16-4-6-17(7-5-16)21-9-10-24-26-21/h3-12H,13H2,1-2H3,(H,23,27)(H,24,26). The molecule has 4 rings (SSSR count). The fourth-order valence-electron chi connectivity index (χ4n) is 3.12. The Hall–Kier alpha value is -3.47. The summed E-state index contributed by atoms with van der Waals surface area (Å²) in [6.45, 7) is 4.37. The summed E-state index contributed by atoms with van der Waals surface area (Å²) in [6, 6.07) is 17.9. The predicted octanol–water partition coefficient (Wildman–Crippen LogP) is 4.17. The summed E-state index contributed by atoms with van der Waals surface area (Å²) in [6.07, 6.45) is 1.73. The van der Waals surface area contributed by atoms with Gasteiger partial charge in [-0.05, 0) is 49.2 Å². The number of carbonyl (C=O) groups is 1. The first-order chi connectivity index (χ1) is 13.1. The van der Waals surface area contributed by atoms with Gasteiger partial charge in [-0.2, -0.15) is 5.10 Å². The number of nitrogens with zero attached hydrogens (tertiary/aromatic N) is 2. The van der Waals surface area contributed by atoms with Gasteiger partial charge in [0, 0.05) is 18.1 Å². The molecule has 0 radical (unpaired) electrons. The highest BCUT2D eigenvalue weighted by Gasteiger charge is 2.12. The lowest BCUT2D eigenvalue weighted by Crippen LogP contribution is -2.24. The molecule has 0 saturated carbocycles. The van der Waals surface area contributed by atoms with Gasteiger partial charge in [0.05, 0.1) is 22.5 Å². The van der Waals surface area contributed by atoms with Crippen LogP contribution >= 0.6 is 0 Å². The van der Waals surface area contributed by atoms with Crippen molar-refractivity contribution in [2.75, 3.05) is 0 Å². The highest BCUT2D eigenvalue weighted by molar-refractivity contribution is 5.98. The van der Waals surface area contributed by atoms with E-state index in [9.17, 15) is 4.79 Å². The van der Waals surface area contributed by atoms with Crippen molar-refractivity contribution < 1.29 is 4.79 Å². The zero-order chi connectivity index (χ0) is 18.8. The Labute approximate surface area is 157 Å². The smallest absolute Gasteiger partial charge is 0.253 e. The third-order valence-electron chi connectivity index (χ3n) is 4.62. The third-order valence-corrected chi connectivity index (χ3v) is 4.62. The lowest BCUT2D eigenvalue weighted by Gasteiger charge is -2.10. The lowest BCUT2D eigenvalue weighted by molar-refractivity contribution is 0.0950. The molecule has 0 unspecified atom stereocenters. The Bertz CT molecular complexity index is 1100. The van der Waals surface area contributed by atoms with Crippen LogP contribution in [0, 0.1) is 13.8 Å². The number of H-pyrrole nitrogens is 1. The van der Waals surface area contributed by atoms with Crippen molar-refractivity contribution in [3.05, 3.63) is 83.2 Å². The van der Waals surface area contributed by atoms with E-state index in [1.165, 1.54) is 0 Å². The topological polar surface area (TPSA) is 70.7 Å². The maximum absolute atomic E-state index is 12.7. The average molecular weight is 356 g/mol. The van der Waals surface area contributed by atoms with Crippen LogP contribution in [0.15, 0.2) is 60.8 Å². The number of nitrogens with one attached hydrogen (secondary N) is 2. The summed E-state index contributed by atoms with van der Waals surface area (Å²) in [5.41, 5.74) is 6.47. The van der Waals surface area contributed by atoms with Gasteiger partial charge in [-0.3, -0.25) is 14.9 Å². The molecule has 0 aliphatic rings. The van der Waals surface area contributed by atoms with Gasteiger partial charge in [-0.15, -0.1) is 0 Å². The van der Waals surface area contributed by atoms with Crippen molar-refractivity contribution >= 4 is 16.8 Å². The van der Waals surface area contributed by atoms with Crippen molar-refractivity contribution in [1.82, 2.24) is 20.5 Å². The summed E-state index contributed by atoms with van der Waals surface area (Å²) in [5.74, 6) is -0.110. The van der Waals surface area contributed by atoms with Gasteiger partial charge >= 0.3 is 0 Å². The normalized spacial score (nSPS) is 10.9. The van der Waals surface area contributed by atoms with Gasteiger partial charge in [0.25, 0.3) is 5.91 Å². The molecular weight excluding hydrogens is 336 g/mol. The van der Waals surface area contributed by atoms with Gasteiger partial charge in [-0.1, -0.05) is 35.9 Å². The van der Waals surface area contributed by atoms with Crippen molar-refractivity contribution in [2.45, 2.75) is 20.4 Å². The molecule has 2 heterocycles. The second-order valence-corrected chi connectivity index (χ2v) is 6.67. The molecule has 0 aliphatic heterocycles. The number of hydrogen-bond donors (Lipinski definition) is 2. The van der Waals surface area contributed by atoms with E-state index in [2.05, 4.69) is 20.5 Å². The Balaban J connectivity index is 1.49. The van der Waals surface area contributed by atoms with Crippen LogP contribution in [0.1, 0.15) is 27.2 Å². The Kier molecular flexibility index (Phi) is 4.42. The van der Waals surface area contributed by atoms with Crippen LogP contribution in [0.2, 0.25) is 0 Å². The molecule has 2 aromatic carbocycles. The number of aryl methyl sites for hydroxylation is 2. The number of carbonyl (C=O) groups excluding carboxylic acids is 1. The highest BCUT2D eigenvalue weighted by atomic mass is 16.1. The number of hydrogen-bond acceptors (Lipinski definition) is 3. The number of rotatable bonds is 4. The van der Waals surface area contributed by atoms with Crippen molar-refractivity contribution in [3.63, 3.8) is 0 Å². The monoisotopic (exact) mass is 356 g/mol. The highest BCUT2D eigenvalue weighted by Crippen LogP contribution is 2.19. The largest absolute Gasteiger partial charge is 0.348 e. The van der Waals surface area contributed by atoms with Crippen molar-refractivity contribution in [1.29, 1.82) is 0 Å². The van der Waals surface area contributed by atoms with Gasteiger partial charge < -0.3 is 5.32 Å². The molecule has 4 aromatic rings.